The zero-order chi connectivity index (χ0) is 11.4. The van der Waals surface area contributed by atoms with Crippen molar-refractivity contribution in [2.75, 3.05) is 13.2 Å². The van der Waals surface area contributed by atoms with Crippen LogP contribution in [-0.4, -0.2) is 19.3 Å². The highest BCUT2D eigenvalue weighted by Crippen LogP contribution is 2.27. The molecule has 0 spiro atoms. The molecular weight excluding hydrogens is 204 g/mol. The molecule has 3 heteroatoms. The Morgan fingerprint density at radius 2 is 2.06 bits per heavy atom. The zero-order valence-electron chi connectivity index (χ0n) is 9.81. The Morgan fingerprint density at radius 1 is 1.31 bits per heavy atom. The number of ether oxygens (including phenoxy) is 3. The van der Waals surface area contributed by atoms with Crippen LogP contribution in [0.3, 0.4) is 0 Å². The highest BCUT2D eigenvalue weighted by Gasteiger charge is 2.21. The second-order valence-electron chi connectivity index (χ2n) is 3.94. The number of hydrogen-bond acceptors (Lipinski definition) is 3. The average molecular weight is 222 g/mol. The van der Waals surface area contributed by atoms with Crippen LogP contribution >= 0.6 is 0 Å². The van der Waals surface area contributed by atoms with Crippen LogP contribution in [0.2, 0.25) is 0 Å². The van der Waals surface area contributed by atoms with Gasteiger partial charge in [0.2, 0.25) is 0 Å². The van der Waals surface area contributed by atoms with Gasteiger partial charge in [-0.2, -0.15) is 0 Å². The molecule has 16 heavy (non-hydrogen) atoms. The fourth-order valence-corrected chi connectivity index (χ4v) is 1.72. The third-order valence-corrected chi connectivity index (χ3v) is 2.61. The van der Waals surface area contributed by atoms with E-state index in [4.69, 9.17) is 14.2 Å². The standard InChI is InChI=1S/C13H18O3/c1-3-14-12-6-4-11(5-7-12)13-15-9-8-10(2)16-13/h4-7,10,13H,3,8-9H2,1-2H3. The van der Waals surface area contributed by atoms with Crippen LogP contribution in [0.1, 0.15) is 32.1 Å². The topological polar surface area (TPSA) is 27.7 Å². The predicted octanol–water partition coefficient (Wildman–Crippen LogP) is 2.91. The van der Waals surface area contributed by atoms with Gasteiger partial charge in [-0.15, -0.1) is 0 Å². The van der Waals surface area contributed by atoms with Gasteiger partial charge in [0.05, 0.1) is 19.3 Å². The highest BCUT2D eigenvalue weighted by molar-refractivity contribution is 5.28. The maximum atomic E-state index is 5.71. The lowest BCUT2D eigenvalue weighted by atomic mass is 10.2. The molecule has 0 aliphatic carbocycles. The molecule has 2 atom stereocenters. The lowest BCUT2D eigenvalue weighted by Gasteiger charge is -2.28. The Kier molecular flexibility index (Phi) is 3.80. The van der Waals surface area contributed by atoms with Crippen LogP contribution in [0.5, 0.6) is 5.75 Å². The van der Waals surface area contributed by atoms with Crippen LogP contribution in [-0.2, 0) is 9.47 Å². The quantitative estimate of drug-likeness (QED) is 0.787. The van der Waals surface area contributed by atoms with Gasteiger partial charge in [-0.05, 0) is 32.4 Å². The van der Waals surface area contributed by atoms with E-state index in [9.17, 15) is 0 Å². The highest BCUT2D eigenvalue weighted by atomic mass is 16.7. The van der Waals surface area contributed by atoms with Gasteiger partial charge in [-0.1, -0.05) is 12.1 Å². The first-order chi connectivity index (χ1) is 7.79. The number of hydrogen-bond donors (Lipinski definition) is 0. The minimum atomic E-state index is -0.223. The lowest BCUT2D eigenvalue weighted by Crippen LogP contribution is -2.24. The molecule has 0 amide bonds. The van der Waals surface area contributed by atoms with Gasteiger partial charge in [0.25, 0.3) is 0 Å². The first-order valence-corrected chi connectivity index (χ1v) is 5.79. The fourth-order valence-electron chi connectivity index (χ4n) is 1.72. The summed E-state index contributed by atoms with van der Waals surface area (Å²) in [6.07, 6.45) is 1.01. The summed E-state index contributed by atoms with van der Waals surface area (Å²) in [5, 5.41) is 0. The maximum Gasteiger partial charge on any atom is 0.184 e. The van der Waals surface area contributed by atoms with Gasteiger partial charge in [0.15, 0.2) is 6.29 Å². The molecular formula is C13H18O3. The molecule has 1 aromatic rings. The average Bonchev–Trinajstić information content (AvgIpc) is 2.30. The van der Waals surface area contributed by atoms with E-state index in [0.717, 1.165) is 24.3 Å². The smallest absolute Gasteiger partial charge is 0.184 e. The molecule has 1 aromatic carbocycles. The minimum absolute atomic E-state index is 0.223. The Bertz CT molecular complexity index is 320. The summed E-state index contributed by atoms with van der Waals surface area (Å²) < 4.78 is 16.7. The third-order valence-electron chi connectivity index (χ3n) is 2.61. The fraction of sp³-hybridized carbons (Fsp3) is 0.538. The van der Waals surface area contributed by atoms with Gasteiger partial charge < -0.3 is 14.2 Å². The molecule has 0 saturated carbocycles. The van der Waals surface area contributed by atoms with Crippen molar-refractivity contribution in [3.63, 3.8) is 0 Å². The van der Waals surface area contributed by atoms with Gasteiger partial charge >= 0.3 is 0 Å². The van der Waals surface area contributed by atoms with E-state index in [2.05, 4.69) is 6.92 Å². The van der Waals surface area contributed by atoms with E-state index < -0.39 is 0 Å². The number of rotatable bonds is 3. The summed E-state index contributed by atoms with van der Waals surface area (Å²) >= 11 is 0. The third kappa shape index (κ3) is 2.74. The molecule has 1 aliphatic heterocycles. The molecule has 1 aliphatic rings. The zero-order valence-corrected chi connectivity index (χ0v) is 9.81. The molecule has 0 radical (unpaired) electrons. The van der Waals surface area contributed by atoms with Crippen LogP contribution in [0.4, 0.5) is 0 Å². The van der Waals surface area contributed by atoms with Crippen molar-refractivity contribution in [1.82, 2.24) is 0 Å². The molecule has 1 heterocycles. The normalized spacial score (nSPS) is 25.4. The molecule has 0 bridgehead atoms. The van der Waals surface area contributed by atoms with Crippen molar-refractivity contribution >= 4 is 0 Å². The summed E-state index contributed by atoms with van der Waals surface area (Å²) in [7, 11) is 0. The molecule has 3 nitrogen and oxygen atoms in total. The van der Waals surface area contributed by atoms with Crippen molar-refractivity contribution in [1.29, 1.82) is 0 Å². The Balaban J connectivity index is 2.03. The van der Waals surface area contributed by atoms with Crippen molar-refractivity contribution in [3.8, 4) is 5.75 Å². The molecule has 2 unspecified atom stereocenters. The van der Waals surface area contributed by atoms with Crippen LogP contribution in [0.15, 0.2) is 24.3 Å². The number of benzene rings is 1. The summed E-state index contributed by atoms with van der Waals surface area (Å²) in [4.78, 5) is 0. The second kappa shape index (κ2) is 5.32. The minimum Gasteiger partial charge on any atom is -0.494 e. The lowest BCUT2D eigenvalue weighted by molar-refractivity contribution is -0.212. The van der Waals surface area contributed by atoms with E-state index >= 15 is 0 Å². The Labute approximate surface area is 96.3 Å². The predicted molar refractivity (Wildman–Crippen MR) is 61.5 cm³/mol. The van der Waals surface area contributed by atoms with Crippen molar-refractivity contribution in [3.05, 3.63) is 29.8 Å². The van der Waals surface area contributed by atoms with Gasteiger partial charge in [-0.3, -0.25) is 0 Å². The summed E-state index contributed by atoms with van der Waals surface area (Å²) in [6, 6.07) is 7.89. The van der Waals surface area contributed by atoms with Gasteiger partial charge in [0, 0.05) is 5.56 Å². The Morgan fingerprint density at radius 3 is 2.69 bits per heavy atom. The van der Waals surface area contributed by atoms with E-state index in [1.807, 2.05) is 31.2 Å². The molecule has 88 valence electrons. The summed E-state index contributed by atoms with van der Waals surface area (Å²) in [5.74, 6) is 0.884. The van der Waals surface area contributed by atoms with Gasteiger partial charge in [-0.25, -0.2) is 0 Å². The van der Waals surface area contributed by atoms with Crippen LogP contribution in [0, 0.1) is 0 Å². The summed E-state index contributed by atoms with van der Waals surface area (Å²) in [6.45, 7) is 5.50. The van der Waals surface area contributed by atoms with Crippen molar-refractivity contribution in [2.45, 2.75) is 32.7 Å². The monoisotopic (exact) mass is 222 g/mol. The molecule has 0 aromatic heterocycles. The van der Waals surface area contributed by atoms with E-state index in [1.54, 1.807) is 0 Å². The summed E-state index contributed by atoms with van der Waals surface area (Å²) in [5.41, 5.74) is 1.05. The first-order valence-electron chi connectivity index (χ1n) is 5.79. The van der Waals surface area contributed by atoms with Gasteiger partial charge in [0.1, 0.15) is 5.75 Å². The first kappa shape index (κ1) is 11.4. The second-order valence-corrected chi connectivity index (χ2v) is 3.94. The maximum absolute atomic E-state index is 5.71. The van der Waals surface area contributed by atoms with Crippen LogP contribution in [0.25, 0.3) is 0 Å². The van der Waals surface area contributed by atoms with Crippen LogP contribution < -0.4 is 4.74 Å². The van der Waals surface area contributed by atoms with Crippen molar-refractivity contribution < 1.29 is 14.2 Å². The molecule has 1 fully saturated rings. The Hall–Kier alpha value is -1.06. The SMILES string of the molecule is CCOc1ccc(C2OCCC(C)O2)cc1. The van der Waals surface area contributed by atoms with E-state index in [0.29, 0.717) is 6.61 Å². The van der Waals surface area contributed by atoms with Crippen molar-refractivity contribution in [2.24, 2.45) is 0 Å². The molecule has 2 rings (SSSR count). The largest absolute Gasteiger partial charge is 0.494 e. The van der Waals surface area contributed by atoms with E-state index in [1.165, 1.54) is 0 Å². The van der Waals surface area contributed by atoms with E-state index in [-0.39, 0.29) is 12.4 Å². The molecule has 1 saturated heterocycles. The molecule has 0 N–H and O–H groups in total.